The second-order valence-electron chi connectivity index (χ2n) is 4.00. The number of nitrogens with one attached hydrogen (secondary N) is 1. The summed E-state index contributed by atoms with van der Waals surface area (Å²) in [7, 11) is 0. The molecule has 1 fully saturated rings. The number of benzene rings is 1. The Bertz CT molecular complexity index is 306. The molecule has 1 N–H and O–H groups in total. The number of hydrogen-bond donors (Lipinski definition) is 1. The Morgan fingerprint density at radius 2 is 2.13 bits per heavy atom. The van der Waals surface area contributed by atoms with Crippen LogP contribution in [0.4, 0.5) is 4.39 Å². The lowest BCUT2D eigenvalue weighted by molar-refractivity contribution is 0.188. The van der Waals surface area contributed by atoms with Crippen LogP contribution in [0.15, 0.2) is 24.3 Å². The van der Waals surface area contributed by atoms with Crippen LogP contribution in [0, 0.1) is 5.82 Å². The van der Waals surface area contributed by atoms with E-state index in [1.165, 1.54) is 12.1 Å². The average molecular weight is 209 g/mol. The van der Waals surface area contributed by atoms with E-state index in [2.05, 4.69) is 12.2 Å². The van der Waals surface area contributed by atoms with Crippen molar-refractivity contribution in [2.75, 3.05) is 13.2 Å². The van der Waals surface area contributed by atoms with Gasteiger partial charge in [0.15, 0.2) is 0 Å². The second-order valence-corrected chi connectivity index (χ2v) is 4.00. The molecule has 2 nitrogen and oxygen atoms in total. The van der Waals surface area contributed by atoms with Crippen LogP contribution in [-0.2, 0) is 4.74 Å². The fourth-order valence-corrected chi connectivity index (χ4v) is 1.87. The van der Waals surface area contributed by atoms with Crippen LogP contribution < -0.4 is 5.32 Å². The molecule has 1 unspecified atom stereocenters. The van der Waals surface area contributed by atoms with Crippen molar-refractivity contribution in [1.29, 1.82) is 0 Å². The third kappa shape index (κ3) is 2.76. The molecule has 82 valence electrons. The SMILES string of the molecule is C[C@H](NC1CCOC1)c1ccc(F)cc1. The van der Waals surface area contributed by atoms with Crippen LogP contribution in [0.2, 0.25) is 0 Å². The predicted octanol–water partition coefficient (Wildman–Crippen LogP) is 2.27. The monoisotopic (exact) mass is 209 g/mol. The summed E-state index contributed by atoms with van der Waals surface area (Å²) < 4.78 is 18.0. The summed E-state index contributed by atoms with van der Waals surface area (Å²) in [4.78, 5) is 0. The number of rotatable bonds is 3. The maximum Gasteiger partial charge on any atom is 0.123 e. The third-order valence-electron chi connectivity index (χ3n) is 2.79. The van der Waals surface area contributed by atoms with E-state index in [1.54, 1.807) is 0 Å². The van der Waals surface area contributed by atoms with Crippen LogP contribution in [0.5, 0.6) is 0 Å². The topological polar surface area (TPSA) is 21.3 Å². The molecule has 0 bridgehead atoms. The van der Waals surface area contributed by atoms with Crippen LogP contribution in [0.25, 0.3) is 0 Å². The van der Waals surface area contributed by atoms with Crippen molar-refractivity contribution in [2.24, 2.45) is 0 Å². The van der Waals surface area contributed by atoms with Crippen molar-refractivity contribution in [3.8, 4) is 0 Å². The highest BCUT2D eigenvalue weighted by molar-refractivity contribution is 5.19. The van der Waals surface area contributed by atoms with Gasteiger partial charge in [0, 0.05) is 18.7 Å². The molecule has 0 amide bonds. The van der Waals surface area contributed by atoms with Gasteiger partial charge < -0.3 is 10.1 Å². The molecular formula is C12H16FNO. The summed E-state index contributed by atoms with van der Waals surface area (Å²) in [5.41, 5.74) is 1.11. The quantitative estimate of drug-likeness (QED) is 0.824. The lowest BCUT2D eigenvalue weighted by Crippen LogP contribution is -2.31. The van der Waals surface area contributed by atoms with E-state index in [0.717, 1.165) is 25.2 Å². The van der Waals surface area contributed by atoms with Crippen molar-refractivity contribution in [3.05, 3.63) is 35.6 Å². The number of hydrogen-bond acceptors (Lipinski definition) is 2. The predicted molar refractivity (Wildman–Crippen MR) is 57.2 cm³/mol. The van der Waals surface area contributed by atoms with E-state index in [9.17, 15) is 4.39 Å². The van der Waals surface area contributed by atoms with E-state index >= 15 is 0 Å². The summed E-state index contributed by atoms with van der Waals surface area (Å²) in [5.74, 6) is -0.185. The zero-order valence-electron chi connectivity index (χ0n) is 8.87. The van der Waals surface area contributed by atoms with Gasteiger partial charge in [-0.15, -0.1) is 0 Å². The molecule has 3 heteroatoms. The molecule has 15 heavy (non-hydrogen) atoms. The van der Waals surface area contributed by atoms with Crippen molar-refractivity contribution >= 4 is 0 Å². The van der Waals surface area contributed by atoms with Gasteiger partial charge in [-0.2, -0.15) is 0 Å². The first kappa shape index (κ1) is 10.6. The maximum absolute atomic E-state index is 12.7. The summed E-state index contributed by atoms with van der Waals surface area (Å²) in [6, 6.07) is 7.32. The van der Waals surface area contributed by atoms with E-state index in [-0.39, 0.29) is 11.9 Å². The van der Waals surface area contributed by atoms with Gasteiger partial charge >= 0.3 is 0 Å². The van der Waals surface area contributed by atoms with Crippen molar-refractivity contribution in [2.45, 2.75) is 25.4 Å². The largest absolute Gasteiger partial charge is 0.380 e. The Hall–Kier alpha value is -0.930. The van der Waals surface area contributed by atoms with Crippen LogP contribution in [0.1, 0.15) is 24.9 Å². The normalized spacial score (nSPS) is 22.9. The molecule has 0 spiro atoms. The molecule has 0 aromatic heterocycles. The van der Waals surface area contributed by atoms with Crippen molar-refractivity contribution in [3.63, 3.8) is 0 Å². The Morgan fingerprint density at radius 3 is 2.73 bits per heavy atom. The Balaban J connectivity index is 1.94. The van der Waals surface area contributed by atoms with Crippen LogP contribution in [0.3, 0.4) is 0 Å². The minimum Gasteiger partial charge on any atom is -0.380 e. The molecule has 0 radical (unpaired) electrons. The molecular weight excluding hydrogens is 193 g/mol. The molecule has 1 heterocycles. The third-order valence-corrected chi connectivity index (χ3v) is 2.79. The Labute approximate surface area is 89.4 Å². The van der Waals surface area contributed by atoms with Gasteiger partial charge in [-0.1, -0.05) is 12.1 Å². The lowest BCUT2D eigenvalue weighted by Gasteiger charge is -2.18. The first-order chi connectivity index (χ1) is 7.25. The highest BCUT2D eigenvalue weighted by Gasteiger charge is 2.17. The molecule has 1 aliphatic rings. The van der Waals surface area contributed by atoms with Gasteiger partial charge in [-0.25, -0.2) is 4.39 Å². The minimum absolute atomic E-state index is 0.185. The minimum atomic E-state index is -0.185. The highest BCUT2D eigenvalue weighted by atomic mass is 19.1. The maximum atomic E-state index is 12.7. The molecule has 2 rings (SSSR count). The second kappa shape index (κ2) is 4.73. The zero-order chi connectivity index (χ0) is 10.7. The fraction of sp³-hybridized carbons (Fsp3) is 0.500. The van der Waals surface area contributed by atoms with Crippen LogP contribution >= 0.6 is 0 Å². The summed E-state index contributed by atoms with van der Waals surface area (Å²) >= 11 is 0. The Kier molecular flexibility index (Phi) is 3.34. The molecule has 0 aliphatic carbocycles. The summed E-state index contributed by atoms with van der Waals surface area (Å²) in [6.07, 6.45) is 1.06. The molecule has 0 saturated carbocycles. The molecule has 1 aromatic rings. The van der Waals surface area contributed by atoms with Gasteiger partial charge in [0.05, 0.1) is 6.61 Å². The smallest absolute Gasteiger partial charge is 0.123 e. The van der Waals surface area contributed by atoms with E-state index in [0.29, 0.717) is 6.04 Å². The van der Waals surface area contributed by atoms with E-state index in [1.807, 2.05) is 12.1 Å². The van der Waals surface area contributed by atoms with Crippen LogP contribution in [-0.4, -0.2) is 19.3 Å². The average Bonchev–Trinajstić information content (AvgIpc) is 2.71. The van der Waals surface area contributed by atoms with Gasteiger partial charge in [-0.05, 0) is 31.0 Å². The molecule has 1 aliphatic heterocycles. The Morgan fingerprint density at radius 1 is 1.40 bits per heavy atom. The molecule has 1 aromatic carbocycles. The highest BCUT2D eigenvalue weighted by Crippen LogP contribution is 2.15. The van der Waals surface area contributed by atoms with Crippen molar-refractivity contribution in [1.82, 2.24) is 5.32 Å². The standard InChI is InChI=1S/C12H16FNO/c1-9(14-12-6-7-15-8-12)10-2-4-11(13)5-3-10/h2-5,9,12,14H,6-8H2,1H3/t9-,12?/m0/s1. The van der Waals surface area contributed by atoms with Crippen molar-refractivity contribution < 1.29 is 9.13 Å². The number of ether oxygens (including phenoxy) is 1. The lowest BCUT2D eigenvalue weighted by atomic mass is 10.1. The first-order valence-corrected chi connectivity index (χ1v) is 5.35. The van der Waals surface area contributed by atoms with E-state index < -0.39 is 0 Å². The van der Waals surface area contributed by atoms with E-state index in [4.69, 9.17) is 4.74 Å². The van der Waals surface area contributed by atoms with Gasteiger partial charge in [0.1, 0.15) is 5.82 Å². The molecule has 1 saturated heterocycles. The van der Waals surface area contributed by atoms with Gasteiger partial charge in [0.2, 0.25) is 0 Å². The molecule has 2 atom stereocenters. The number of halogens is 1. The zero-order valence-corrected chi connectivity index (χ0v) is 8.87. The summed E-state index contributed by atoms with van der Waals surface area (Å²) in [5, 5.41) is 3.47. The fourth-order valence-electron chi connectivity index (χ4n) is 1.87. The van der Waals surface area contributed by atoms with Gasteiger partial charge in [-0.3, -0.25) is 0 Å². The first-order valence-electron chi connectivity index (χ1n) is 5.35. The summed E-state index contributed by atoms with van der Waals surface area (Å²) in [6.45, 7) is 3.71. The van der Waals surface area contributed by atoms with Gasteiger partial charge in [0.25, 0.3) is 0 Å².